The molecule has 1 aromatic heterocycles. The molecule has 0 aliphatic rings. The largest absolute Gasteiger partial charge is 0.301 e. The van der Waals surface area contributed by atoms with Gasteiger partial charge in [0.25, 0.3) is 0 Å². The third-order valence-corrected chi connectivity index (χ3v) is 4.77. The van der Waals surface area contributed by atoms with Crippen LogP contribution in [0, 0.1) is 0 Å². The molecule has 0 saturated heterocycles. The van der Waals surface area contributed by atoms with Gasteiger partial charge in [0.2, 0.25) is 10.0 Å². The van der Waals surface area contributed by atoms with Gasteiger partial charge in [0, 0.05) is 12.6 Å². The van der Waals surface area contributed by atoms with Crippen molar-refractivity contribution in [2.24, 2.45) is 0 Å². The Labute approximate surface area is 108 Å². The molecule has 0 bridgehead atoms. The molecule has 0 aromatic carbocycles. The van der Waals surface area contributed by atoms with E-state index in [2.05, 4.69) is 10.1 Å². The van der Waals surface area contributed by atoms with E-state index in [-0.39, 0.29) is 11.8 Å². The van der Waals surface area contributed by atoms with Crippen LogP contribution < -0.4 is 4.72 Å². The van der Waals surface area contributed by atoms with E-state index in [0.29, 0.717) is 13.0 Å². The lowest BCUT2D eigenvalue weighted by molar-refractivity contribution is 0.300. The van der Waals surface area contributed by atoms with Gasteiger partial charge in [-0.05, 0) is 42.9 Å². The number of hydrogen-bond acceptors (Lipinski definition) is 4. The van der Waals surface area contributed by atoms with Crippen LogP contribution in [0.5, 0.6) is 0 Å². The van der Waals surface area contributed by atoms with Gasteiger partial charge in [0.05, 0.1) is 5.75 Å². The van der Waals surface area contributed by atoms with Crippen molar-refractivity contribution >= 4 is 21.4 Å². The Morgan fingerprint density at radius 3 is 2.65 bits per heavy atom. The van der Waals surface area contributed by atoms with Crippen molar-refractivity contribution in [3.63, 3.8) is 0 Å². The highest BCUT2D eigenvalue weighted by atomic mass is 32.2. The number of nitrogens with one attached hydrogen (secondary N) is 1. The van der Waals surface area contributed by atoms with Crippen molar-refractivity contribution in [3.05, 3.63) is 22.4 Å². The number of likely N-dealkylation sites (N-methyl/N-ethyl adjacent to an activating group) is 1. The topological polar surface area (TPSA) is 49.4 Å². The lowest BCUT2D eigenvalue weighted by Crippen LogP contribution is -2.35. The first-order valence-electron chi connectivity index (χ1n) is 5.62. The quantitative estimate of drug-likeness (QED) is 0.824. The molecule has 17 heavy (non-hydrogen) atoms. The van der Waals surface area contributed by atoms with Crippen LogP contribution in [-0.4, -0.2) is 39.7 Å². The standard InChI is InChI=1S/C11H20N2O2S2/c1-4-7-17(14,15)12-8-11(13(2)3)10-5-6-16-9-10/h5-6,9,11-12H,4,7-8H2,1-3H3/t11-/m1/s1. The average Bonchev–Trinajstić information content (AvgIpc) is 2.70. The van der Waals surface area contributed by atoms with E-state index in [9.17, 15) is 8.42 Å². The summed E-state index contributed by atoms with van der Waals surface area (Å²) in [5.74, 6) is 0.191. The molecule has 4 nitrogen and oxygen atoms in total. The third kappa shape index (κ3) is 4.75. The van der Waals surface area contributed by atoms with Crippen LogP contribution in [0.15, 0.2) is 16.8 Å². The molecule has 0 radical (unpaired) electrons. The Morgan fingerprint density at radius 1 is 1.47 bits per heavy atom. The second-order valence-corrected chi connectivity index (χ2v) is 6.91. The van der Waals surface area contributed by atoms with Gasteiger partial charge in [-0.3, -0.25) is 0 Å². The number of rotatable bonds is 7. The van der Waals surface area contributed by atoms with Crippen LogP contribution >= 0.6 is 11.3 Å². The molecule has 0 aliphatic carbocycles. The first-order valence-corrected chi connectivity index (χ1v) is 8.21. The average molecular weight is 276 g/mol. The molecule has 0 spiro atoms. The minimum absolute atomic E-state index is 0.0906. The van der Waals surface area contributed by atoms with Gasteiger partial charge in [-0.2, -0.15) is 11.3 Å². The fourth-order valence-electron chi connectivity index (χ4n) is 1.61. The highest BCUT2D eigenvalue weighted by Crippen LogP contribution is 2.20. The van der Waals surface area contributed by atoms with Crippen LogP contribution in [0.25, 0.3) is 0 Å². The predicted molar refractivity (Wildman–Crippen MR) is 72.8 cm³/mol. The van der Waals surface area contributed by atoms with E-state index in [0.717, 1.165) is 5.56 Å². The molecule has 1 atom stereocenters. The van der Waals surface area contributed by atoms with Crippen molar-refractivity contribution in [1.29, 1.82) is 0 Å². The SMILES string of the molecule is CCCS(=O)(=O)NC[C@H](c1ccsc1)N(C)C. The summed E-state index contributed by atoms with van der Waals surface area (Å²) in [7, 11) is 0.785. The van der Waals surface area contributed by atoms with Crippen LogP contribution in [0.4, 0.5) is 0 Å². The van der Waals surface area contributed by atoms with Crippen molar-refractivity contribution in [3.8, 4) is 0 Å². The molecular formula is C11H20N2O2S2. The minimum atomic E-state index is -3.12. The molecule has 0 saturated carbocycles. The zero-order valence-corrected chi connectivity index (χ0v) is 12.1. The van der Waals surface area contributed by atoms with Gasteiger partial charge >= 0.3 is 0 Å². The molecule has 6 heteroatoms. The van der Waals surface area contributed by atoms with Gasteiger partial charge in [-0.25, -0.2) is 13.1 Å². The number of thiophene rings is 1. The molecule has 0 aliphatic heterocycles. The van der Waals surface area contributed by atoms with E-state index < -0.39 is 10.0 Å². The molecule has 98 valence electrons. The summed E-state index contributed by atoms with van der Waals surface area (Å²) in [6, 6.07) is 2.12. The Balaban J connectivity index is 2.64. The monoisotopic (exact) mass is 276 g/mol. The van der Waals surface area contributed by atoms with E-state index in [1.807, 2.05) is 37.4 Å². The Kier molecular flexibility index (Phi) is 5.58. The van der Waals surface area contributed by atoms with Crippen molar-refractivity contribution < 1.29 is 8.42 Å². The lowest BCUT2D eigenvalue weighted by atomic mass is 10.1. The Bertz CT molecular complexity index is 413. The minimum Gasteiger partial charge on any atom is -0.301 e. The summed E-state index contributed by atoms with van der Waals surface area (Å²) in [5, 5.41) is 4.06. The fraction of sp³-hybridized carbons (Fsp3) is 0.636. The molecular weight excluding hydrogens is 256 g/mol. The summed E-state index contributed by atoms with van der Waals surface area (Å²) < 4.78 is 25.9. The summed E-state index contributed by atoms with van der Waals surface area (Å²) in [5.41, 5.74) is 1.15. The normalized spacial score (nSPS) is 14.1. The maximum Gasteiger partial charge on any atom is 0.211 e. The molecule has 0 unspecified atom stereocenters. The molecule has 1 N–H and O–H groups in total. The smallest absolute Gasteiger partial charge is 0.211 e. The maximum atomic E-state index is 11.6. The first-order chi connectivity index (χ1) is 7.96. The van der Waals surface area contributed by atoms with E-state index >= 15 is 0 Å². The Hall–Kier alpha value is -0.430. The molecule has 0 fully saturated rings. The van der Waals surface area contributed by atoms with Gasteiger partial charge in [0.15, 0.2) is 0 Å². The molecule has 1 heterocycles. The number of hydrogen-bond donors (Lipinski definition) is 1. The van der Waals surface area contributed by atoms with E-state index in [1.165, 1.54) is 0 Å². The van der Waals surface area contributed by atoms with E-state index in [1.54, 1.807) is 11.3 Å². The highest BCUT2D eigenvalue weighted by Gasteiger charge is 2.17. The molecule has 1 aromatic rings. The van der Waals surface area contributed by atoms with Crippen LogP contribution in [0.3, 0.4) is 0 Å². The summed E-state index contributed by atoms with van der Waals surface area (Å²) in [6.07, 6.45) is 0.639. The molecule has 1 rings (SSSR count). The Morgan fingerprint density at radius 2 is 2.18 bits per heavy atom. The maximum absolute atomic E-state index is 11.6. The van der Waals surface area contributed by atoms with Gasteiger partial charge in [-0.15, -0.1) is 0 Å². The van der Waals surface area contributed by atoms with Crippen molar-refractivity contribution in [1.82, 2.24) is 9.62 Å². The zero-order valence-electron chi connectivity index (χ0n) is 10.5. The number of sulfonamides is 1. The van der Waals surface area contributed by atoms with Crippen molar-refractivity contribution in [2.75, 3.05) is 26.4 Å². The first kappa shape index (κ1) is 14.6. The highest BCUT2D eigenvalue weighted by molar-refractivity contribution is 7.89. The van der Waals surface area contributed by atoms with Crippen LogP contribution in [0.2, 0.25) is 0 Å². The number of nitrogens with zero attached hydrogens (tertiary/aromatic N) is 1. The summed E-state index contributed by atoms with van der Waals surface area (Å²) in [4.78, 5) is 2.02. The second kappa shape index (κ2) is 6.49. The fourth-order valence-corrected chi connectivity index (χ4v) is 3.41. The van der Waals surface area contributed by atoms with Gasteiger partial charge in [-0.1, -0.05) is 6.92 Å². The van der Waals surface area contributed by atoms with Crippen LogP contribution in [-0.2, 0) is 10.0 Å². The van der Waals surface area contributed by atoms with Gasteiger partial charge < -0.3 is 4.90 Å². The lowest BCUT2D eigenvalue weighted by Gasteiger charge is -2.23. The summed E-state index contributed by atoms with van der Waals surface area (Å²) in [6.45, 7) is 2.29. The second-order valence-electron chi connectivity index (χ2n) is 4.20. The summed E-state index contributed by atoms with van der Waals surface area (Å²) >= 11 is 1.63. The third-order valence-electron chi connectivity index (χ3n) is 2.52. The van der Waals surface area contributed by atoms with Crippen molar-refractivity contribution in [2.45, 2.75) is 19.4 Å². The van der Waals surface area contributed by atoms with Gasteiger partial charge in [0.1, 0.15) is 0 Å². The van der Waals surface area contributed by atoms with Crippen LogP contribution in [0.1, 0.15) is 24.9 Å². The van der Waals surface area contributed by atoms with E-state index in [4.69, 9.17) is 0 Å². The molecule has 0 amide bonds. The zero-order chi connectivity index (χ0) is 12.9. The predicted octanol–water partition coefficient (Wildman–Crippen LogP) is 1.68.